The van der Waals surface area contributed by atoms with E-state index in [1.165, 1.54) is 143 Å². The molecule has 0 unspecified atom stereocenters. The van der Waals surface area contributed by atoms with E-state index in [2.05, 4.69) is 77.9 Å². The van der Waals surface area contributed by atoms with Crippen molar-refractivity contribution in [1.82, 2.24) is 9.80 Å². The Morgan fingerprint density at radius 1 is 0.403 bits per heavy atom. The molecule has 2 amide bonds. The van der Waals surface area contributed by atoms with Crippen LogP contribution < -0.4 is 0 Å². The third-order valence-electron chi connectivity index (χ3n) is 12.7. The molecular formula is C54H76N2O2S4. The first-order chi connectivity index (χ1) is 30.3. The van der Waals surface area contributed by atoms with Crippen LogP contribution in [0.25, 0.3) is 30.9 Å². The molecule has 0 bridgehead atoms. The predicted octanol–water partition coefficient (Wildman–Crippen LogP) is 17.4. The lowest BCUT2D eigenvalue weighted by Crippen LogP contribution is -2.30. The summed E-state index contributed by atoms with van der Waals surface area (Å²) in [5.74, 6) is 0.0315. The van der Waals surface area contributed by atoms with Gasteiger partial charge in [0, 0.05) is 42.4 Å². The minimum atomic E-state index is 0.0158. The fourth-order valence-corrected chi connectivity index (χ4v) is 14.0. The van der Waals surface area contributed by atoms with E-state index in [-0.39, 0.29) is 11.8 Å². The van der Waals surface area contributed by atoms with E-state index in [1.807, 2.05) is 32.5 Å². The van der Waals surface area contributed by atoms with Crippen molar-refractivity contribution in [2.45, 2.75) is 196 Å². The summed E-state index contributed by atoms with van der Waals surface area (Å²) >= 11 is 7.27. The highest BCUT2D eigenvalue weighted by atomic mass is 32.1. The molecule has 0 radical (unpaired) electrons. The van der Waals surface area contributed by atoms with Crippen molar-refractivity contribution in [1.29, 1.82) is 0 Å². The molecule has 6 heterocycles. The van der Waals surface area contributed by atoms with E-state index in [9.17, 15) is 0 Å². The van der Waals surface area contributed by atoms with Crippen LogP contribution in [0.4, 0.5) is 0 Å². The minimum absolute atomic E-state index is 0.0158. The molecule has 6 rings (SSSR count). The van der Waals surface area contributed by atoms with Gasteiger partial charge >= 0.3 is 0 Å². The Bertz CT molecular complexity index is 1960. The van der Waals surface area contributed by atoms with E-state index in [1.54, 1.807) is 22.7 Å². The van der Waals surface area contributed by atoms with Gasteiger partial charge in [-0.05, 0) is 87.1 Å². The fourth-order valence-electron chi connectivity index (χ4n) is 9.49. The quantitative estimate of drug-likeness (QED) is 0.0489. The number of fused-ring (bicyclic) bond motifs is 1. The number of carbonyl (C=O) groups is 2. The molecule has 0 saturated carbocycles. The Morgan fingerprint density at radius 3 is 1.06 bits per heavy atom. The number of rotatable bonds is 30. The van der Waals surface area contributed by atoms with Crippen molar-refractivity contribution in [3.8, 4) is 19.5 Å². The maximum atomic E-state index is 15.2. The van der Waals surface area contributed by atoms with Gasteiger partial charge < -0.3 is 9.80 Å². The number of unbranched alkanes of at least 4 members (excludes halogenated alkanes) is 18. The monoisotopic (exact) mass is 912 g/mol. The predicted molar refractivity (Wildman–Crippen MR) is 274 cm³/mol. The highest BCUT2D eigenvalue weighted by molar-refractivity contribution is 7.23. The van der Waals surface area contributed by atoms with Crippen LogP contribution in [0.15, 0.2) is 47.5 Å². The molecule has 0 spiro atoms. The van der Waals surface area contributed by atoms with Crippen LogP contribution in [0.3, 0.4) is 0 Å². The number of nitrogens with zero attached hydrogens (tertiary/aromatic N) is 2. The van der Waals surface area contributed by atoms with E-state index in [4.69, 9.17) is 0 Å². The molecule has 62 heavy (non-hydrogen) atoms. The van der Waals surface area contributed by atoms with Crippen molar-refractivity contribution in [2.75, 3.05) is 13.1 Å². The number of thiophene rings is 4. The van der Waals surface area contributed by atoms with Gasteiger partial charge in [0.1, 0.15) is 0 Å². The third kappa shape index (κ3) is 12.3. The average Bonchev–Trinajstić information content (AvgIpc) is 4.12. The van der Waals surface area contributed by atoms with Gasteiger partial charge in [0.05, 0.1) is 32.3 Å². The Balaban J connectivity index is 1.32. The number of amides is 2. The van der Waals surface area contributed by atoms with Crippen molar-refractivity contribution in [3.05, 3.63) is 78.2 Å². The van der Waals surface area contributed by atoms with Gasteiger partial charge in [0.15, 0.2) is 0 Å². The molecular weight excluding hydrogens is 837 g/mol. The first kappa shape index (κ1) is 48.7. The maximum Gasteiger partial charge on any atom is 0.261 e. The lowest BCUT2D eigenvalue weighted by Gasteiger charge is -2.24. The molecule has 8 heteroatoms. The summed E-state index contributed by atoms with van der Waals surface area (Å²) in [4.78, 5) is 44.3. The molecule has 338 valence electrons. The SMILES string of the molecule is CCCCCCCCCCCCN1C(=O)C2=C(c3ccc(-c4sc(C)cc4CCC)s3)N(CCCCCCCCCCCC)C(=O)C2=C1c1ccc(-c2sc(C)cc2CCC)s1. The average molecular weight is 913 g/mol. The number of hydrogen-bond donors (Lipinski definition) is 0. The molecule has 0 N–H and O–H groups in total. The summed E-state index contributed by atoms with van der Waals surface area (Å²) in [7, 11) is 0. The normalized spacial score (nSPS) is 14.2. The third-order valence-corrected chi connectivity index (χ3v) is 17.4. The summed E-state index contributed by atoms with van der Waals surface area (Å²) in [6.07, 6.45) is 29.3. The molecule has 4 nitrogen and oxygen atoms in total. The maximum absolute atomic E-state index is 15.2. The van der Waals surface area contributed by atoms with Gasteiger partial charge in [-0.2, -0.15) is 0 Å². The number of carbonyl (C=O) groups excluding carboxylic acids is 2. The molecule has 0 aliphatic carbocycles. The molecule has 0 fully saturated rings. The second-order valence-electron chi connectivity index (χ2n) is 18.0. The Morgan fingerprint density at radius 2 is 0.726 bits per heavy atom. The topological polar surface area (TPSA) is 40.6 Å². The molecule has 2 aliphatic heterocycles. The van der Waals surface area contributed by atoms with E-state index >= 15 is 9.59 Å². The minimum Gasteiger partial charge on any atom is -0.306 e. The summed E-state index contributed by atoms with van der Waals surface area (Å²) < 4.78 is 0. The van der Waals surface area contributed by atoms with Gasteiger partial charge in [0.25, 0.3) is 11.8 Å². The van der Waals surface area contributed by atoms with E-state index in [0.29, 0.717) is 24.2 Å². The van der Waals surface area contributed by atoms with Crippen LogP contribution in [-0.2, 0) is 22.4 Å². The first-order valence-electron chi connectivity index (χ1n) is 24.8. The molecule has 0 saturated heterocycles. The highest BCUT2D eigenvalue weighted by Crippen LogP contribution is 2.51. The van der Waals surface area contributed by atoms with Crippen LogP contribution in [0, 0.1) is 13.8 Å². The summed E-state index contributed by atoms with van der Waals surface area (Å²) in [5.41, 5.74) is 5.80. The molecule has 0 aromatic carbocycles. The second kappa shape index (κ2) is 25.1. The molecule has 4 aromatic heterocycles. The first-order valence-corrected chi connectivity index (χ1v) is 28.1. The van der Waals surface area contributed by atoms with Crippen molar-refractivity contribution in [2.24, 2.45) is 0 Å². The van der Waals surface area contributed by atoms with Crippen LogP contribution in [0.1, 0.15) is 200 Å². The summed E-state index contributed by atoms with van der Waals surface area (Å²) in [5, 5.41) is 0. The molecule has 2 aliphatic rings. The zero-order valence-electron chi connectivity index (χ0n) is 39.2. The van der Waals surface area contributed by atoms with E-state index < -0.39 is 0 Å². The van der Waals surface area contributed by atoms with Gasteiger partial charge in [0.2, 0.25) is 0 Å². The smallest absolute Gasteiger partial charge is 0.261 e. The van der Waals surface area contributed by atoms with Gasteiger partial charge in [-0.25, -0.2) is 0 Å². The second-order valence-corrected chi connectivity index (χ2v) is 22.7. The molecule has 4 aromatic rings. The Labute approximate surface area is 391 Å². The van der Waals surface area contributed by atoms with Crippen molar-refractivity contribution in [3.63, 3.8) is 0 Å². The highest BCUT2D eigenvalue weighted by Gasteiger charge is 2.49. The van der Waals surface area contributed by atoms with Gasteiger partial charge in [-0.1, -0.05) is 156 Å². The summed E-state index contributed by atoms with van der Waals surface area (Å²) in [6, 6.07) is 13.6. The lowest BCUT2D eigenvalue weighted by atomic mass is 10.1. The zero-order valence-corrected chi connectivity index (χ0v) is 42.5. The largest absolute Gasteiger partial charge is 0.306 e. The van der Waals surface area contributed by atoms with Crippen molar-refractivity contribution >= 4 is 68.6 Å². The van der Waals surface area contributed by atoms with Crippen LogP contribution in [0.2, 0.25) is 0 Å². The van der Waals surface area contributed by atoms with E-state index in [0.717, 1.165) is 72.5 Å². The van der Waals surface area contributed by atoms with Crippen molar-refractivity contribution < 1.29 is 9.59 Å². The Hall–Kier alpha value is -2.78. The van der Waals surface area contributed by atoms with Crippen LogP contribution >= 0.6 is 45.3 Å². The lowest BCUT2D eigenvalue weighted by molar-refractivity contribution is -0.124. The number of hydrogen-bond acceptors (Lipinski definition) is 6. The number of aryl methyl sites for hydroxylation is 4. The Kier molecular flexibility index (Phi) is 19.7. The van der Waals surface area contributed by atoms with Gasteiger partial charge in [-0.3, -0.25) is 9.59 Å². The van der Waals surface area contributed by atoms with Gasteiger partial charge in [-0.15, -0.1) is 45.3 Å². The zero-order chi connectivity index (χ0) is 43.8. The summed E-state index contributed by atoms with van der Waals surface area (Å²) in [6.45, 7) is 14.8. The van der Waals surface area contributed by atoms with Crippen LogP contribution in [-0.4, -0.2) is 34.7 Å². The molecule has 0 atom stereocenters. The van der Waals surface area contributed by atoms with Crippen LogP contribution in [0.5, 0.6) is 0 Å². The fraction of sp³-hybridized carbons (Fsp3) is 0.593. The standard InChI is InChI=1S/C54H76N2O2S4/c1-7-11-13-15-17-19-21-23-25-27-35-55-49(43-31-33-45(61-43)51-41(29-9-3)37-39(5)59-51)47-48(53(55)57)50(44-32-34-46(62-44)52-42(30-10-4)38-40(6)60-52)56(54(47)58)36-28-26-24-22-20-18-16-14-12-8-2/h31-34,37-38H,7-30,35-36H2,1-6H3.